The zero-order valence-corrected chi connectivity index (χ0v) is 47.7. The number of halogens is 3. The van der Waals surface area contributed by atoms with Crippen molar-refractivity contribution in [3.8, 4) is 91.1 Å². The van der Waals surface area contributed by atoms with Crippen LogP contribution in [0, 0.1) is 11.6 Å². The Kier molecular flexibility index (Phi) is 9.56. The Morgan fingerprint density at radius 3 is 0.954 bits per heavy atom. The number of hydrogen-bond donors (Lipinski definition) is 0. The molecule has 13 nitrogen and oxygen atoms in total. The van der Waals surface area contributed by atoms with E-state index in [-0.39, 0.29) is 35.6 Å². The highest BCUT2D eigenvalue weighted by Gasteiger charge is 2.54. The quantitative estimate of drug-likeness (QED) is 0.120. The van der Waals surface area contributed by atoms with E-state index >= 15 is 4.39 Å². The largest absolute Gasteiger partial charge is 1.00 e. The van der Waals surface area contributed by atoms with Gasteiger partial charge in [-0.25, -0.2) is 43.7 Å². The smallest absolute Gasteiger partial charge is 0.497 e. The van der Waals surface area contributed by atoms with Gasteiger partial charge in [0.25, 0.3) is 0 Å². The van der Waals surface area contributed by atoms with Crippen molar-refractivity contribution in [2.45, 2.75) is 77.8 Å². The zero-order chi connectivity index (χ0) is 87.0. The molecule has 0 aliphatic carbocycles. The summed E-state index contributed by atoms with van der Waals surface area (Å²) in [4.78, 5) is 37.1. The molecule has 13 rings (SSSR count). The van der Waals surface area contributed by atoms with Crippen molar-refractivity contribution < 1.29 is 69.9 Å². The van der Waals surface area contributed by atoms with Crippen molar-refractivity contribution >= 4 is 36.8 Å². The van der Waals surface area contributed by atoms with Gasteiger partial charge in [-0.3, -0.25) is 0 Å². The molecule has 2 saturated heterocycles. The first-order valence-corrected chi connectivity index (χ1v) is 26.3. The van der Waals surface area contributed by atoms with Gasteiger partial charge < -0.3 is 20.0 Å². The van der Waals surface area contributed by atoms with E-state index in [0.29, 0.717) is 5.46 Å². The topological polar surface area (TPSA) is 153 Å². The molecular formula is C69H61B2ClF2N9O4-. The van der Waals surface area contributed by atoms with Crippen molar-refractivity contribution in [3.63, 3.8) is 0 Å². The highest BCUT2D eigenvalue weighted by Crippen LogP contribution is 2.39. The Labute approximate surface area is 554 Å². The third kappa shape index (κ3) is 13.5. The van der Waals surface area contributed by atoms with Gasteiger partial charge in [0.15, 0.2) is 46.6 Å². The first kappa shape index (κ1) is 33.1. The maximum Gasteiger partial charge on any atom is 0.497 e. The third-order valence-corrected chi connectivity index (χ3v) is 13.9. The normalized spacial score (nSPS) is 20.0. The average Bonchev–Trinajstić information content (AvgIpc) is 1.11. The number of benzene rings is 8. The van der Waals surface area contributed by atoms with Crippen LogP contribution < -0.4 is 10.9 Å². The van der Waals surface area contributed by atoms with Gasteiger partial charge in [0.05, 0.1) is 69.1 Å². The Balaban J connectivity index is 0.000000219. The molecule has 3 aromatic heterocycles. The van der Waals surface area contributed by atoms with E-state index in [0.717, 1.165) is 23.7 Å². The summed E-state index contributed by atoms with van der Waals surface area (Å²) >= 11 is 5.91. The van der Waals surface area contributed by atoms with Crippen molar-refractivity contribution in [1.29, 1.82) is 0 Å². The minimum absolute atomic E-state index is 0. The summed E-state index contributed by atoms with van der Waals surface area (Å²) in [5.41, 5.74) is -4.70. The fourth-order valence-corrected chi connectivity index (χ4v) is 8.03. The first-order chi connectivity index (χ1) is 54.2. The lowest BCUT2D eigenvalue weighted by Gasteiger charge is -2.32. The summed E-state index contributed by atoms with van der Waals surface area (Å²) in [5, 5.41) is -0.441. The molecule has 5 heterocycles. The molecule has 2 aliphatic rings. The van der Waals surface area contributed by atoms with Crippen LogP contribution in [0.2, 0.25) is 5.28 Å². The molecule has 0 N–H and O–H groups in total. The highest BCUT2D eigenvalue weighted by atomic mass is 35.5. The van der Waals surface area contributed by atoms with Crippen LogP contribution in [0.5, 0.6) is 0 Å². The number of rotatable bonds is 10. The van der Waals surface area contributed by atoms with E-state index in [1.165, 1.54) is 6.07 Å². The lowest BCUT2D eigenvalue weighted by Crippen LogP contribution is -2.42. The molecule has 0 saturated carbocycles. The van der Waals surface area contributed by atoms with E-state index in [1.807, 2.05) is 55.4 Å². The second kappa shape index (κ2) is 25.1. The molecule has 11 aromatic rings. The van der Waals surface area contributed by atoms with Crippen molar-refractivity contribution in [3.05, 3.63) is 235 Å². The van der Waals surface area contributed by atoms with Gasteiger partial charge in [-0.1, -0.05) is 193 Å². The molecule has 0 bridgehead atoms. The molecule has 8 aromatic carbocycles. The summed E-state index contributed by atoms with van der Waals surface area (Å²) in [6.45, 7) is 15.8. The molecule has 2 aliphatic heterocycles. The van der Waals surface area contributed by atoms with Crippen LogP contribution >= 0.6 is 11.6 Å². The predicted molar refractivity (Wildman–Crippen MR) is 340 cm³/mol. The minimum atomic E-state index is -1.10. The fraction of sp³-hybridized carbons (Fsp3) is 0.174. The zero-order valence-electron chi connectivity index (χ0n) is 77.9. The average molecular weight is 1210 g/mol. The Hall–Kier alpha value is -9.09. The van der Waals surface area contributed by atoms with Crippen molar-refractivity contribution in [2.75, 3.05) is 0 Å². The monoisotopic (exact) mass is 1210 g/mol. The molecule has 434 valence electrons. The van der Waals surface area contributed by atoms with Crippen LogP contribution in [0.4, 0.5) is 8.78 Å². The van der Waals surface area contributed by atoms with Gasteiger partial charge >= 0.3 is 14.2 Å². The Morgan fingerprint density at radius 2 is 0.621 bits per heavy atom. The molecule has 0 unspecified atom stereocenters. The molecular weight excluding hydrogens is 1110 g/mol. The lowest BCUT2D eigenvalue weighted by atomic mass is 9.71. The lowest BCUT2D eigenvalue weighted by molar-refractivity contribution is 0.00578. The van der Waals surface area contributed by atoms with Crippen LogP contribution in [0.3, 0.4) is 0 Å². The van der Waals surface area contributed by atoms with Crippen LogP contribution in [-0.2, 0) is 18.6 Å². The SMILES string of the molecule is CC1(C)OB(c2ccc(F)c(B3OC(C)(C)C(C)(C)O3)c2)OC1(C)C.[2H]c1c([2H])c([2H])c(-c2nc(-c3ccc(F)c(-c4nc(-c5c([2H])c([2H])c([2H])c([2H])c5[2H])nc(-c5c([2H])c([2H])c([2H])c([2H])c5[2H])n4)c3)nc(-c3c([2H])c([2H])c([2H])c([2H])c3[2H])n2)c([2H])c1[2H].[2H]c1c([2H])c([2H])c(-c2nc(Cl)nc(-c3c([2H])c([2H])c([2H])c([2H])c3[2H])n2)c([2H])c1[2H].[3H-]. The van der Waals surface area contributed by atoms with Crippen molar-refractivity contribution in [2.24, 2.45) is 0 Å². The summed E-state index contributed by atoms with van der Waals surface area (Å²) in [6.07, 6.45) is 0. The van der Waals surface area contributed by atoms with Gasteiger partial charge in [-0.2, -0.15) is 9.97 Å². The van der Waals surface area contributed by atoms with Gasteiger partial charge in [0.1, 0.15) is 11.6 Å². The number of nitrogens with zero attached hydrogens (tertiary/aromatic N) is 9. The maximum atomic E-state index is 16.2. The molecule has 0 atom stereocenters. The van der Waals surface area contributed by atoms with E-state index in [1.54, 1.807) is 12.1 Å². The van der Waals surface area contributed by atoms with Gasteiger partial charge in [0, 0.05) is 44.4 Å². The second-order valence-electron chi connectivity index (χ2n) is 20.5. The second-order valence-corrected chi connectivity index (χ2v) is 20.9. The third-order valence-electron chi connectivity index (χ3n) is 13.7. The first-order valence-electron chi connectivity index (χ1n) is 40.9. The van der Waals surface area contributed by atoms with Crippen LogP contribution in [0.1, 0.15) is 97.9 Å². The molecule has 0 spiro atoms. The van der Waals surface area contributed by atoms with Gasteiger partial charge in [0.2, 0.25) is 5.28 Å². The molecule has 0 radical (unpaired) electrons. The number of aromatic nitrogens is 9. The van der Waals surface area contributed by atoms with Crippen LogP contribution in [0.25, 0.3) is 91.1 Å². The molecule has 87 heavy (non-hydrogen) atoms. The Bertz CT molecular complexity index is 5600. The maximum absolute atomic E-state index is 16.2. The van der Waals surface area contributed by atoms with Gasteiger partial charge in [-0.15, -0.1) is 0 Å². The van der Waals surface area contributed by atoms with Gasteiger partial charge in [-0.05, 0) is 96.7 Å². The highest BCUT2D eigenvalue weighted by molar-refractivity contribution is 6.66. The van der Waals surface area contributed by atoms with Crippen LogP contribution in [-0.4, -0.2) is 81.5 Å². The van der Waals surface area contributed by atoms with Crippen molar-refractivity contribution in [1.82, 2.24) is 44.9 Å². The molecule has 2 fully saturated rings. The standard InChI is InChI=1S/C36H23FN6.C18H27B2FO4.C15H10ClN3.H/c37-30-22-21-28(35-40-31(24-13-5-1-6-14-24)38-32(41-35)25-15-7-2-8-16-25)23-29(30)36-42-33(26-17-9-3-10-18-26)39-34(43-36)27-19-11-4-12-20-27;1-15(2)16(3,4)23-19(22-15)12-9-10-14(21)13(11-12)20-24-17(5,6)18(7,8)25-20;16-15-18-13(11-7-3-1-4-8-11)17-14(19-15)12-9-5-2-6-10-12;/h1-23H;9-11H,1-8H3;1-10H;/q;;;-1/i1D,2D,3D,4D,5D,6D,7D,8D,9D,10D,11D,12D,13D,14D,15D,16D,17D,18D,19D,20D;;1D,2D,3D,4D,5D,6D,7D,8D,9D,10D;1+2. The summed E-state index contributed by atoms with van der Waals surface area (Å²) < 4.78 is 300. The summed E-state index contributed by atoms with van der Waals surface area (Å²) in [6, 6.07) is -14.1. The molecule has 18 heteroatoms. The Morgan fingerprint density at radius 1 is 0.345 bits per heavy atom. The fourth-order valence-electron chi connectivity index (χ4n) is 7.87. The van der Waals surface area contributed by atoms with E-state index < -0.39 is 292 Å². The minimum Gasteiger partial charge on any atom is -1.00 e. The summed E-state index contributed by atoms with van der Waals surface area (Å²) in [7, 11) is -1.31. The number of hydrogen-bond acceptors (Lipinski definition) is 13. The summed E-state index contributed by atoms with van der Waals surface area (Å²) in [5.74, 6) is -6.06. The van der Waals surface area contributed by atoms with Crippen LogP contribution in [0.15, 0.2) is 218 Å². The van der Waals surface area contributed by atoms with E-state index in [2.05, 4.69) is 44.9 Å². The van der Waals surface area contributed by atoms with E-state index in [4.69, 9.17) is 71.3 Å². The predicted octanol–water partition coefficient (Wildman–Crippen LogP) is 14.6. The molecule has 0 amide bonds. The van der Waals surface area contributed by atoms with E-state index in [9.17, 15) is 4.39 Å².